The zero-order chi connectivity index (χ0) is 12.3. The minimum Gasteiger partial charge on any atom is -0.642 e. The predicted molar refractivity (Wildman–Crippen MR) is 67.3 cm³/mol. The monoisotopic (exact) mass is 329 g/mol. The van der Waals surface area contributed by atoms with Crippen molar-refractivity contribution < 1.29 is 42.3 Å². The number of amides is 1. The Bertz CT molecular complexity index is 342. The van der Waals surface area contributed by atoms with E-state index in [1.54, 1.807) is 6.92 Å². The molecule has 1 aliphatic rings. The number of rotatable bonds is 5. The van der Waals surface area contributed by atoms with Gasteiger partial charge in [0, 0.05) is 39.3 Å². The zero-order valence-electron chi connectivity index (χ0n) is 11.1. The van der Waals surface area contributed by atoms with Gasteiger partial charge >= 0.3 is 0 Å². The summed E-state index contributed by atoms with van der Waals surface area (Å²) in [6, 6.07) is 0. The van der Waals surface area contributed by atoms with Crippen LogP contribution in [0.25, 0.3) is 5.32 Å². The minimum absolute atomic E-state index is 0. The van der Waals surface area contributed by atoms with Gasteiger partial charge in [-0.1, -0.05) is 6.92 Å². The van der Waals surface area contributed by atoms with Crippen molar-refractivity contribution in [3.8, 4) is 0 Å². The van der Waals surface area contributed by atoms with Crippen molar-refractivity contribution in [1.29, 1.82) is 0 Å². The van der Waals surface area contributed by atoms with Gasteiger partial charge in [0.25, 0.3) is 0 Å². The molecule has 1 aliphatic heterocycles. The van der Waals surface area contributed by atoms with E-state index in [1.165, 1.54) is 6.92 Å². The molecule has 1 radical (unpaired) electrons. The Morgan fingerprint density at radius 2 is 2.06 bits per heavy atom. The Kier molecular flexibility index (Phi) is 8.64. The van der Waals surface area contributed by atoms with Crippen LogP contribution in [0.2, 0.25) is 0 Å². The summed E-state index contributed by atoms with van der Waals surface area (Å²) in [5.41, 5.74) is 9.52. The number of aliphatic imine (C=N–C) groups is 1. The van der Waals surface area contributed by atoms with Crippen LogP contribution in [0.5, 0.6) is 0 Å². The third kappa shape index (κ3) is 4.32. The predicted octanol–water partition coefficient (Wildman–Crippen LogP) is 0.366. The smallest absolute Gasteiger partial charge is 0.185 e. The van der Waals surface area contributed by atoms with E-state index in [4.69, 9.17) is 11.5 Å². The standard InChI is InChI=1S/C10H18N4O2.CH3.Y/c1-6(15)10(2)7(8(16)14-10)4-3-5-13-9(11)12;;/h7H,3-5H2,1-2H3,(H5,11,12,13,14,16);1H3;/q;-1;/p-1. The molecule has 1 amide bonds. The van der Waals surface area contributed by atoms with Crippen LogP contribution in [0.4, 0.5) is 0 Å². The molecule has 0 bridgehead atoms. The molecule has 101 valence electrons. The molecule has 2 unspecified atom stereocenters. The number of guanidine groups is 1. The van der Waals surface area contributed by atoms with Crippen LogP contribution in [0.3, 0.4) is 0 Å². The second kappa shape index (κ2) is 7.84. The van der Waals surface area contributed by atoms with Gasteiger partial charge in [-0.05, 0) is 31.2 Å². The third-order valence-electron chi connectivity index (χ3n) is 2.98. The number of hydrogen-bond acceptors (Lipinski definition) is 3. The first kappa shape index (κ1) is 19.8. The first-order chi connectivity index (χ1) is 7.38. The van der Waals surface area contributed by atoms with Crippen LogP contribution >= 0.6 is 0 Å². The van der Waals surface area contributed by atoms with Gasteiger partial charge in [-0.2, -0.15) is 0 Å². The van der Waals surface area contributed by atoms with Crippen LogP contribution in [-0.2, 0) is 42.3 Å². The zero-order valence-corrected chi connectivity index (χ0v) is 14.0. The molecule has 18 heavy (non-hydrogen) atoms. The van der Waals surface area contributed by atoms with Gasteiger partial charge in [0.2, 0.25) is 0 Å². The number of nitrogens with two attached hydrogens (primary N) is 2. The fourth-order valence-electron chi connectivity index (χ4n) is 1.79. The molecule has 0 aromatic rings. The summed E-state index contributed by atoms with van der Waals surface area (Å²) in [6.45, 7) is 3.63. The van der Waals surface area contributed by atoms with Crippen LogP contribution in [-0.4, -0.2) is 29.7 Å². The van der Waals surface area contributed by atoms with E-state index in [0.29, 0.717) is 19.4 Å². The first-order valence-electron chi connectivity index (χ1n) is 5.21. The Balaban J connectivity index is 0. The fourth-order valence-corrected chi connectivity index (χ4v) is 1.79. The van der Waals surface area contributed by atoms with Crippen LogP contribution in [0.1, 0.15) is 26.7 Å². The average molecular weight is 329 g/mol. The minimum atomic E-state index is -0.824. The van der Waals surface area contributed by atoms with E-state index < -0.39 is 5.54 Å². The fraction of sp³-hybridized carbons (Fsp3) is 0.636. The van der Waals surface area contributed by atoms with Crippen molar-refractivity contribution in [3.05, 3.63) is 12.7 Å². The topological polar surface area (TPSA) is 113 Å². The van der Waals surface area contributed by atoms with Crippen molar-refractivity contribution in [3.63, 3.8) is 0 Å². The second-order valence-electron chi connectivity index (χ2n) is 4.16. The van der Waals surface area contributed by atoms with Gasteiger partial charge in [0.05, 0.1) is 5.91 Å². The molecule has 2 atom stereocenters. The summed E-state index contributed by atoms with van der Waals surface area (Å²) in [5, 5.41) is 3.77. The van der Waals surface area contributed by atoms with Gasteiger partial charge in [0.1, 0.15) is 5.78 Å². The maximum absolute atomic E-state index is 11.3. The normalized spacial score (nSPS) is 24.8. The molecule has 0 aliphatic carbocycles. The number of carbonyl (C=O) groups is 2. The van der Waals surface area contributed by atoms with Gasteiger partial charge in [-0.3, -0.25) is 4.99 Å². The second-order valence-corrected chi connectivity index (χ2v) is 4.16. The van der Waals surface area contributed by atoms with Crippen molar-refractivity contribution in [1.82, 2.24) is 0 Å². The first-order valence-corrected chi connectivity index (χ1v) is 5.21. The van der Waals surface area contributed by atoms with Crippen LogP contribution in [0.15, 0.2) is 4.99 Å². The maximum atomic E-state index is 11.3. The van der Waals surface area contributed by atoms with Crippen LogP contribution < -0.4 is 11.5 Å². The van der Waals surface area contributed by atoms with E-state index in [-0.39, 0.29) is 63.7 Å². The van der Waals surface area contributed by atoms with Gasteiger partial charge < -0.3 is 33.8 Å². The van der Waals surface area contributed by atoms with E-state index >= 15 is 0 Å². The van der Waals surface area contributed by atoms with Crippen molar-refractivity contribution in [2.75, 3.05) is 6.54 Å². The molecular weight excluding hydrogens is 309 g/mol. The summed E-state index contributed by atoms with van der Waals surface area (Å²) < 4.78 is 0. The number of ketones is 1. The SMILES string of the molecule is CC(=O)C1(C)[N-]C(=O)C1CCCN=C(N)N.[CH3-].[Y]. The van der Waals surface area contributed by atoms with Gasteiger partial charge in [-0.25, -0.2) is 0 Å². The van der Waals surface area contributed by atoms with Gasteiger partial charge in [0.15, 0.2) is 5.96 Å². The molecule has 0 spiro atoms. The third-order valence-corrected chi connectivity index (χ3v) is 2.98. The molecule has 0 aromatic heterocycles. The van der Waals surface area contributed by atoms with E-state index in [0.717, 1.165) is 0 Å². The summed E-state index contributed by atoms with van der Waals surface area (Å²) in [7, 11) is 0. The molecule has 1 fully saturated rings. The quantitative estimate of drug-likeness (QED) is 0.249. The molecule has 0 saturated carbocycles. The molecule has 1 saturated heterocycles. The van der Waals surface area contributed by atoms with Crippen molar-refractivity contribution in [2.24, 2.45) is 22.4 Å². The summed E-state index contributed by atoms with van der Waals surface area (Å²) in [5.74, 6) is -0.528. The van der Waals surface area contributed by atoms with Gasteiger partial charge in [-0.15, -0.1) is 0 Å². The Morgan fingerprint density at radius 3 is 2.44 bits per heavy atom. The molecule has 6 nitrogen and oxygen atoms in total. The number of nitrogens with zero attached hydrogens (tertiary/aromatic N) is 2. The number of hydrogen-bond donors (Lipinski definition) is 2. The largest absolute Gasteiger partial charge is 0.642 e. The number of Topliss-reactive ketones (excluding diaryl/α,β-unsaturated/α-hetero) is 1. The number of β-lactam (4-membered cyclic amide) rings is 1. The Hall–Kier alpha value is -0.486. The molecule has 1 heterocycles. The summed E-state index contributed by atoms with van der Waals surface area (Å²) in [6.07, 6.45) is 1.27. The van der Waals surface area contributed by atoms with E-state index in [9.17, 15) is 9.59 Å². The summed E-state index contributed by atoms with van der Waals surface area (Å²) >= 11 is 0. The molecule has 4 N–H and O–H groups in total. The Morgan fingerprint density at radius 1 is 1.50 bits per heavy atom. The molecular formula is C11H20N4O2Y-2. The Labute approximate surface area is 133 Å². The summed E-state index contributed by atoms with van der Waals surface area (Å²) in [4.78, 5) is 26.4. The molecule has 1 rings (SSSR count). The van der Waals surface area contributed by atoms with E-state index in [2.05, 4.69) is 10.3 Å². The number of carbonyl (C=O) groups excluding carboxylic acids is 2. The maximum Gasteiger partial charge on any atom is 0.185 e. The van der Waals surface area contributed by atoms with Crippen LogP contribution in [0, 0.1) is 13.3 Å². The molecule has 7 heteroatoms. The van der Waals surface area contributed by atoms with Crippen molar-refractivity contribution >= 4 is 17.6 Å². The molecule has 0 aromatic carbocycles. The van der Waals surface area contributed by atoms with Crippen molar-refractivity contribution in [2.45, 2.75) is 32.2 Å². The average Bonchev–Trinajstić information content (AvgIpc) is 2.16. The van der Waals surface area contributed by atoms with E-state index in [1.807, 2.05) is 0 Å².